The van der Waals surface area contributed by atoms with E-state index in [-0.39, 0.29) is 0 Å². The molecule has 3 nitrogen and oxygen atoms in total. The molecule has 0 saturated heterocycles. The van der Waals surface area contributed by atoms with E-state index < -0.39 is 0 Å². The van der Waals surface area contributed by atoms with Crippen LogP contribution in [0, 0.1) is 6.92 Å². The van der Waals surface area contributed by atoms with Crippen molar-refractivity contribution in [1.82, 2.24) is 15.3 Å². The molecule has 0 aliphatic heterocycles. The Hall–Kier alpha value is -1.39. The Kier molecular flexibility index (Phi) is 6.21. The lowest BCUT2D eigenvalue weighted by atomic mass is 10.0. The summed E-state index contributed by atoms with van der Waals surface area (Å²) < 4.78 is 0. The quantitative estimate of drug-likeness (QED) is 0.624. The van der Waals surface area contributed by atoms with Crippen LogP contribution >= 0.6 is 11.8 Å². The average Bonchev–Trinajstić information content (AvgIpc) is 2.51. The van der Waals surface area contributed by atoms with Gasteiger partial charge in [-0.05, 0) is 37.1 Å². The summed E-state index contributed by atoms with van der Waals surface area (Å²) in [5.74, 6) is 0.923. The van der Waals surface area contributed by atoms with Crippen molar-refractivity contribution in [3.05, 3.63) is 53.3 Å². The lowest BCUT2D eigenvalue weighted by molar-refractivity contribution is 0.660. The average molecular weight is 301 g/mol. The van der Waals surface area contributed by atoms with E-state index in [2.05, 4.69) is 46.5 Å². The number of hydrogen-bond donors (Lipinski definition) is 1. The number of hydrogen-bond acceptors (Lipinski definition) is 4. The maximum absolute atomic E-state index is 4.34. The molecule has 0 fully saturated rings. The lowest BCUT2D eigenvalue weighted by Crippen LogP contribution is -2.18. The normalized spacial score (nSPS) is 12.3. The standard InChI is InChI=1S/C17H23N3S/c1-4-5-14-6-8-15(9-7-14)16(18-3)12-21-17-19-10-13(2)11-20-17/h6-11,16,18H,4-5,12H2,1-3H3. The van der Waals surface area contributed by atoms with Crippen molar-refractivity contribution in [2.24, 2.45) is 0 Å². The van der Waals surface area contributed by atoms with Crippen LogP contribution in [0.25, 0.3) is 0 Å². The fourth-order valence-electron chi connectivity index (χ4n) is 2.16. The van der Waals surface area contributed by atoms with E-state index in [1.54, 1.807) is 11.8 Å². The summed E-state index contributed by atoms with van der Waals surface area (Å²) in [4.78, 5) is 8.68. The van der Waals surface area contributed by atoms with Gasteiger partial charge >= 0.3 is 0 Å². The maximum atomic E-state index is 4.34. The third-order valence-electron chi connectivity index (χ3n) is 3.41. The minimum Gasteiger partial charge on any atom is -0.312 e. The topological polar surface area (TPSA) is 37.8 Å². The van der Waals surface area contributed by atoms with Gasteiger partial charge in [0.1, 0.15) is 0 Å². The summed E-state index contributed by atoms with van der Waals surface area (Å²) in [5.41, 5.74) is 3.82. The van der Waals surface area contributed by atoms with E-state index in [1.165, 1.54) is 17.5 Å². The third-order valence-corrected chi connectivity index (χ3v) is 4.37. The Morgan fingerprint density at radius 3 is 2.38 bits per heavy atom. The van der Waals surface area contributed by atoms with E-state index >= 15 is 0 Å². The van der Waals surface area contributed by atoms with Gasteiger partial charge in [-0.1, -0.05) is 49.4 Å². The highest BCUT2D eigenvalue weighted by Gasteiger charge is 2.10. The highest BCUT2D eigenvalue weighted by atomic mass is 32.2. The number of aromatic nitrogens is 2. The second kappa shape index (κ2) is 8.15. The number of nitrogens with one attached hydrogen (secondary N) is 1. The van der Waals surface area contributed by atoms with Crippen molar-refractivity contribution >= 4 is 11.8 Å². The lowest BCUT2D eigenvalue weighted by Gasteiger charge is -2.16. The predicted molar refractivity (Wildman–Crippen MR) is 89.7 cm³/mol. The van der Waals surface area contributed by atoms with Gasteiger partial charge in [0, 0.05) is 24.2 Å². The smallest absolute Gasteiger partial charge is 0.187 e. The first-order valence-corrected chi connectivity index (χ1v) is 8.39. The molecular formula is C17H23N3S. The van der Waals surface area contributed by atoms with E-state index in [4.69, 9.17) is 0 Å². The molecule has 21 heavy (non-hydrogen) atoms. The molecule has 4 heteroatoms. The zero-order valence-electron chi connectivity index (χ0n) is 13.0. The van der Waals surface area contributed by atoms with Gasteiger partial charge < -0.3 is 5.32 Å². The van der Waals surface area contributed by atoms with E-state index in [0.717, 1.165) is 22.9 Å². The molecule has 0 spiro atoms. The van der Waals surface area contributed by atoms with Crippen molar-refractivity contribution < 1.29 is 0 Å². The van der Waals surface area contributed by atoms with Gasteiger partial charge in [0.05, 0.1) is 0 Å². The van der Waals surface area contributed by atoms with Crippen LogP contribution in [0.3, 0.4) is 0 Å². The molecule has 112 valence electrons. The number of benzene rings is 1. The van der Waals surface area contributed by atoms with Gasteiger partial charge in [-0.15, -0.1) is 0 Å². The molecule has 1 aromatic carbocycles. The number of aryl methyl sites for hydroxylation is 2. The molecule has 2 aromatic rings. The third kappa shape index (κ3) is 4.83. The second-order valence-electron chi connectivity index (χ2n) is 5.19. The predicted octanol–water partition coefficient (Wildman–Crippen LogP) is 3.79. The van der Waals surface area contributed by atoms with Crippen LogP contribution in [-0.2, 0) is 6.42 Å². The van der Waals surface area contributed by atoms with Crippen LogP contribution in [0.15, 0.2) is 41.8 Å². The Morgan fingerprint density at radius 2 is 1.81 bits per heavy atom. The van der Waals surface area contributed by atoms with Gasteiger partial charge in [-0.2, -0.15) is 0 Å². The van der Waals surface area contributed by atoms with E-state index in [0.29, 0.717) is 6.04 Å². The highest BCUT2D eigenvalue weighted by Crippen LogP contribution is 2.22. The first kappa shape index (κ1) is 16.0. The van der Waals surface area contributed by atoms with Crippen LogP contribution in [0.2, 0.25) is 0 Å². The fraction of sp³-hybridized carbons (Fsp3) is 0.412. The molecule has 0 saturated carbocycles. The van der Waals surface area contributed by atoms with Gasteiger partial charge in [0.15, 0.2) is 5.16 Å². The molecule has 0 aliphatic rings. The van der Waals surface area contributed by atoms with Gasteiger partial charge in [0.25, 0.3) is 0 Å². The second-order valence-corrected chi connectivity index (χ2v) is 6.17. The molecule has 2 rings (SSSR count). The molecule has 1 heterocycles. The van der Waals surface area contributed by atoms with Gasteiger partial charge in [-0.25, -0.2) is 9.97 Å². The number of nitrogens with zero attached hydrogens (tertiary/aromatic N) is 2. The molecule has 0 radical (unpaired) electrons. The monoisotopic (exact) mass is 301 g/mol. The van der Waals surface area contributed by atoms with Gasteiger partial charge in [0.2, 0.25) is 0 Å². The van der Waals surface area contributed by atoms with Crippen LogP contribution in [-0.4, -0.2) is 22.8 Å². The van der Waals surface area contributed by atoms with Gasteiger partial charge in [-0.3, -0.25) is 0 Å². The zero-order chi connectivity index (χ0) is 15.1. The Morgan fingerprint density at radius 1 is 1.14 bits per heavy atom. The molecule has 0 amide bonds. The number of thioether (sulfide) groups is 1. The summed E-state index contributed by atoms with van der Waals surface area (Å²) in [7, 11) is 2.00. The minimum atomic E-state index is 0.315. The van der Waals surface area contributed by atoms with Crippen LogP contribution in [0.1, 0.15) is 36.1 Å². The summed E-state index contributed by atoms with van der Waals surface area (Å²) >= 11 is 1.69. The summed E-state index contributed by atoms with van der Waals surface area (Å²) in [6.45, 7) is 4.21. The first-order valence-electron chi connectivity index (χ1n) is 7.40. The van der Waals surface area contributed by atoms with Crippen molar-refractivity contribution in [3.8, 4) is 0 Å². The van der Waals surface area contributed by atoms with E-state index in [9.17, 15) is 0 Å². The Labute approximate surface area is 131 Å². The SMILES string of the molecule is CCCc1ccc(C(CSc2ncc(C)cn2)NC)cc1. The van der Waals surface area contributed by atoms with Crippen molar-refractivity contribution in [2.45, 2.75) is 37.9 Å². The largest absolute Gasteiger partial charge is 0.312 e. The molecule has 0 aliphatic carbocycles. The molecular weight excluding hydrogens is 278 g/mol. The summed E-state index contributed by atoms with van der Waals surface area (Å²) in [6.07, 6.45) is 6.07. The maximum Gasteiger partial charge on any atom is 0.187 e. The van der Waals surface area contributed by atoms with Crippen molar-refractivity contribution in [3.63, 3.8) is 0 Å². The molecule has 1 N–H and O–H groups in total. The summed E-state index contributed by atoms with van der Waals surface area (Å²) in [5, 5.41) is 4.21. The van der Waals surface area contributed by atoms with Crippen LogP contribution in [0.4, 0.5) is 0 Å². The van der Waals surface area contributed by atoms with Crippen LogP contribution in [0.5, 0.6) is 0 Å². The molecule has 1 atom stereocenters. The Bertz CT molecular complexity index is 537. The molecule has 0 bridgehead atoms. The first-order chi connectivity index (χ1) is 10.2. The zero-order valence-corrected chi connectivity index (χ0v) is 13.8. The molecule has 1 unspecified atom stereocenters. The molecule has 1 aromatic heterocycles. The van der Waals surface area contributed by atoms with E-state index in [1.807, 2.05) is 26.4 Å². The number of rotatable bonds is 7. The van der Waals surface area contributed by atoms with Crippen molar-refractivity contribution in [2.75, 3.05) is 12.8 Å². The van der Waals surface area contributed by atoms with Crippen molar-refractivity contribution in [1.29, 1.82) is 0 Å². The Balaban J connectivity index is 1.97. The fourth-order valence-corrected chi connectivity index (χ4v) is 3.09. The summed E-state index contributed by atoms with van der Waals surface area (Å²) in [6, 6.07) is 9.23. The van der Waals surface area contributed by atoms with Crippen LogP contribution < -0.4 is 5.32 Å². The minimum absolute atomic E-state index is 0.315. The highest BCUT2D eigenvalue weighted by molar-refractivity contribution is 7.99.